The minimum Gasteiger partial charge on any atom is -0.492 e. The first kappa shape index (κ1) is 17.8. The maximum Gasteiger partial charge on any atom is 0.133 e. The Balaban J connectivity index is 2.74. The van der Waals surface area contributed by atoms with E-state index in [1.165, 1.54) is 0 Å². The van der Waals surface area contributed by atoms with Crippen molar-refractivity contribution in [1.82, 2.24) is 0 Å². The van der Waals surface area contributed by atoms with Gasteiger partial charge in [0.15, 0.2) is 0 Å². The van der Waals surface area contributed by atoms with E-state index in [2.05, 4.69) is 62.7 Å². The maximum atomic E-state index is 6.57. The molecule has 0 aliphatic rings. The predicted molar refractivity (Wildman–Crippen MR) is 91.8 cm³/mol. The van der Waals surface area contributed by atoms with Crippen LogP contribution in [-0.2, 0) is 0 Å². The highest BCUT2D eigenvalue weighted by atomic mass is 79.9. The van der Waals surface area contributed by atoms with Crippen LogP contribution in [0.4, 0.5) is 0 Å². The summed E-state index contributed by atoms with van der Waals surface area (Å²) in [5.41, 5.74) is 1.44. The average molecular weight is 362 g/mol. The molecule has 2 atom stereocenters. The van der Waals surface area contributed by atoms with Crippen molar-refractivity contribution in [2.24, 2.45) is 11.3 Å². The Kier molecular flexibility index (Phi) is 6.87. The van der Waals surface area contributed by atoms with E-state index in [0.717, 1.165) is 35.2 Å². The van der Waals surface area contributed by atoms with E-state index in [1.54, 1.807) is 0 Å². The number of hydrogen-bond donors (Lipinski definition) is 0. The van der Waals surface area contributed by atoms with E-state index >= 15 is 0 Å². The van der Waals surface area contributed by atoms with E-state index in [0.29, 0.717) is 5.92 Å². The van der Waals surface area contributed by atoms with Crippen LogP contribution in [0, 0.1) is 11.3 Å². The van der Waals surface area contributed by atoms with Gasteiger partial charge in [-0.3, -0.25) is 0 Å². The summed E-state index contributed by atoms with van der Waals surface area (Å²) >= 11 is 10.1. The fourth-order valence-electron chi connectivity index (χ4n) is 1.84. The van der Waals surface area contributed by atoms with Gasteiger partial charge in [0, 0.05) is 0 Å². The highest BCUT2D eigenvalue weighted by Crippen LogP contribution is 2.38. The molecule has 0 aliphatic heterocycles. The molecule has 114 valence electrons. The second kappa shape index (κ2) is 7.70. The van der Waals surface area contributed by atoms with Gasteiger partial charge in [0.1, 0.15) is 5.75 Å². The number of ether oxygens (including phenoxy) is 1. The molecule has 0 aliphatic carbocycles. The van der Waals surface area contributed by atoms with E-state index in [1.807, 2.05) is 6.07 Å². The van der Waals surface area contributed by atoms with E-state index in [-0.39, 0.29) is 10.8 Å². The van der Waals surface area contributed by atoms with Crippen LogP contribution in [0.1, 0.15) is 58.4 Å². The molecule has 0 fully saturated rings. The lowest BCUT2D eigenvalue weighted by Gasteiger charge is -2.29. The molecule has 1 rings (SSSR count). The van der Waals surface area contributed by atoms with Gasteiger partial charge >= 0.3 is 0 Å². The lowest BCUT2D eigenvalue weighted by atomic mass is 9.79. The van der Waals surface area contributed by atoms with Gasteiger partial charge in [-0.05, 0) is 57.8 Å². The molecule has 0 amide bonds. The van der Waals surface area contributed by atoms with Gasteiger partial charge in [0.05, 0.1) is 16.5 Å². The Hall–Kier alpha value is -0.210. The van der Waals surface area contributed by atoms with Crippen molar-refractivity contribution >= 4 is 27.5 Å². The molecule has 1 nitrogen and oxygen atoms in total. The molecule has 2 unspecified atom stereocenters. The number of benzene rings is 1. The summed E-state index contributed by atoms with van der Waals surface area (Å²) in [7, 11) is 0. The molecule has 0 aromatic heterocycles. The van der Waals surface area contributed by atoms with Crippen molar-refractivity contribution < 1.29 is 4.74 Å². The quantitative estimate of drug-likeness (QED) is 0.519. The molecule has 3 heteroatoms. The SMILES string of the molecule is CCCOc1ccc(C(Cl)CC(C)C(C)(C)C)cc1Br. The normalized spacial score (nSPS) is 14.9. The third kappa shape index (κ3) is 5.29. The molecular formula is C17H26BrClO. The molecular weight excluding hydrogens is 336 g/mol. The summed E-state index contributed by atoms with van der Waals surface area (Å²) in [5.74, 6) is 1.46. The maximum absolute atomic E-state index is 6.57. The first-order chi connectivity index (χ1) is 9.25. The highest BCUT2D eigenvalue weighted by molar-refractivity contribution is 9.10. The van der Waals surface area contributed by atoms with Crippen molar-refractivity contribution in [3.8, 4) is 5.75 Å². The van der Waals surface area contributed by atoms with Crippen molar-refractivity contribution in [2.45, 2.75) is 52.8 Å². The van der Waals surface area contributed by atoms with Gasteiger partial charge in [0.25, 0.3) is 0 Å². The molecule has 0 bridgehead atoms. The van der Waals surface area contributed by atoms with E-state index < -0.39 is 0 Å². The molecule has 0 radical (unpaired) electrons. The third-order valence-electron chi connectivity index (χ3n) is 3.82. The molecule has 0 N–H and O–H groups in total. The van der Waals surface area contributed by atoms with Crippen LogP contribution in [0.15, 0.2) is 22.7 Å². The zero-order chi connectivity index (χ0) is 15.3. The van der Waals surface area contributed by atoms with Gasteiger partial charge in [-0.15, -0.1) is 11.6 Å². The minimum atomic E-state index is 0.0424. The monoisotopic (exact) mass is 360 g/mol. The highest BCUT2D eigenvalue weighted by Gasteiger charge is 2.23. The van der Waals surface area contributed by atoms with Crippen LogP contribution in [0.25, 0.3) is 0 Å². The first-order valence-electron chi connectivity index (χ1n) is 7.32. The number of hydrogen-bond acceptors (Lipinski definition) is 1. The third-order valence-corrected chi connectivity index (χ3v) is 4.87. The van der Waals surface area contributed by atoms with Crippen LogP contribution in [0.3, 0.4) is 0 Å². The van der Waals surface area contributed by atoms with Crippen molar-refractivity contribution in [1.29, 1.82) is 0 Å². The lowest BCUT2D eigenvalue weighted by Crippen LogP contribution is -2.18. The fourth-order valence-corrected chi connectivity index (χ4v) is 2.75. The fraction of sp³-hybridized carbons (Fsp3) is 0.647. The minimum absolute atomic E-state index is 0.0424. The van der Waals surface area contributed by atoms with Gasteiger partial charge in [-0.2, -0.15) is 0 Å². The molecule has 1 aromatic carbocycles. The summed E-state index contributed by atoms with van der Waals surface area (Å²) in [5, 5.41) is 0.0424. The van der Waals surface area contributed by atoms with Crippen molar-refractivity contribution in [3.63, 3.8) is 0 Å². The zero-order valence-corrected chi connectivity index (χ0v) is 15.5. The first-order valence-corrected chi connectivity index (χ1v) is 8.55. The van der Waals surface area contributed by atoms with Crippen molar-refractivity contribution in [2.75, 3.05) is 6.61 Å². The Labute approximate surface area is 137 Å². The molecule has 0 heterocycles. The summed E-state index contributed by atoms with van der Waals surface area (Å²) in [6.07, 6.45) is 1.99. The van der Waals surface area contributed by atoms with Gasteiger partial charge < -0.3 is 4.74 Å². The topological polar surface area (TPSA) is 9.23 Å². The smallest absolute Gasteiger partial charge is 0.133 e. The van der Waals surface area contributed by atoms with Crippen LogP contribution < -0.4 is 4.74 Å². The lowest BCUT2D eigenvalue weighted by molar-refractivity contribution is 0.245. The second-order valence-electron chi connectivity index (χ2n) is 6.51. The Morgan fingerprint density at radius 1 is 1.30 bits per heavy atom. The summed E-state index contributed by atoms with van der Waals surface area (Å²) < 4.78 is 6.65. The van der Waals surface area contributed by atoms with E-state index in [4.69, 9.17) is 16.3 Å². The zero-order valence-electron chi connectivity index (χ0n) is 13.2. The van der Waals surface area contributed by atoms with Gasteiger partial charge in [-0.25, -0.2) is 0 Å². The molecule has 0 saturated heterocycles. The predicted octanol–water partition coefficient (Wildman–Crippen LogP) is 6.59. The standard InChI is InChI=1S/C17H26BrClO/c1-6-9-20-16-8-7-13(11-14(16)18)15(19)10-12(2)17(3,4)5/h7-8,11-12,15H,6,9-10H2,1-5H3. The molecule has 1 aromatic rings. The van der Waals surface area contributed by atoms with Crippen LogP contribution in [0.5, 0.6) is 5.75 Å². The van der Waals surface area contributed by atoms with Crippen LogP contribution >= 0.6 is 27.5 Å². The second-order valence-corrected chi connectivity index (χ2v) is 7.89. The summed E-state index contributed by atoms with van der Waals surface area (Å²) in [6.45, 7) is 11.9. The van der Waals surface area contributed by atoms with Gasteiger partial charge in [0.2, 0.25) is 0 Å². The van der Waals surface area contributed by atoms with Crippen molar-refractivity contribution in [3.05, 3.63) is 28.2 Å². The van der Waals surface area contributed by atoms with Crippen LogP contribution in [-0.4, -0.2) is 6.61 Å². The Morgan fingerprint density at radius 2 is 1.95 bits per heavy atom. The number of alkyl halides is 1. The average Bonchev–Trinajstić information content (AvgIpc) is 2.36. The van der Waals surface area contributed by atoms with Gasteiger partial charge in [-0.1, -0.05) is 40.7 Å². The van der Waals surface area contributed by atoms with E-state index in [9.17, 15) is 0 Å². The summed E-state index contributed by atoms with van der Waals surface area (Å²) in [4.78, 5) is 0. The number of halogens is 2. The Morgan fingerprint density at radius 3 is 2.45 bits per heavy atom. The molecule has 0 saturated carbocycles. The molecule has 20 heavy (non-hydrogen) atoms. The largest absolute Gasteiger partial charge is 0.492 e. The molecule has 0 spiro atoms. The van der Waals surface area contributed by atoms with Crippen LogP contribution in [0.2, 0.25) is 0 Å². The number of rotatable bonds is 6. The Bertz CT molecular complexity index is 425. The summed E-state index contributed by atoms with van der Waals surface area (Å²) in [6, 6.07) is 6.16.